The summed E-state index contributed by atoms with van der Waals surface area (Å²) in [6, 6.07) is 3.29. The maximum Gasteiger partial charge on any atom is 0.240 e. The smallest absolute Gasteiger partial charge is 0.240 e. The monoisotopic (exact) mass is 361 g/mol. The largest absolute Gasteiger partial charge is 0.398 e. The highest BCUT2D eigenvalue weighted by Crippen LogP contribution is 2.26. The molecule has 2 rings (SSSR count). The van der Waals surface area contributed by atoms with E-state index in [1.54, 1.807) is 19.1 Å². The topological polar surface area (TPSA) is 75.4 Å². The summed E-state index contributed by atoms with van der Waals surface area (Å²) in [5, 5.41) is 0. The fourth-order valence-electron chi connectivity index (χ4n) is 2.38. The van der Waals surface area contributed by atoms with Crippen LogP contribution in [0.2, 0.25) is 0 Å². The van der Waals surface area contributed by atoms with Gasteiger partial charge in [-0.15, -0.1) is 0 Å². The molecule has 0 saturated carbocycles. The van der Waals surface area contributed by atoms with Gasteiger partial charge in [0.2, 0.25) is 10.0 Å². The van der Waals surface area contributed by atoms with Gasteiger partial charge in [-0.2, -0.15) is 0 Å². The zero-order valence-electron chi connectivity index (χ0n) is 11.5. The average molecular weight is 362 g/mol. The highest BCUT2D eigenvalue weighted by Gasteiger charge is 2.19. The molecule has 1 saturated heterocycles. The lowest BCUT2D eigenvalue weighted by molar-refractivity contribution is 0.344. The van der Waals surface area contributed by atoms with Crippen molar-refractivity contribution < 1.29 is 8.42 Å². The van der Waals surface area contributed by atoms with Crippen molar-refractivity contribution in [2.75, 3.05) is 31.9 Å². The fraction of sp³-hybridized carbons (Fsp3) is 0.538. The summed E-state index contributed by atoms with van der Waals surface area (Å²) in [4.78, 5) is 2.51. The van der Waals surface area contributed by atoms with Gasteiger partial charge in [0, 0.05) is 23.2 Å². The molecule has 3 N–H and O–H groups in total. The van der Waals surface area contributed by atoms with E-state index < -0.39 is 10.0 Å². The molecule has 0 bridgehead atoms. The second-order valence-corrected chi connectivity index (χ2v) is 7.72. The molecule has 1 aromatic rings. The van der Waals surface area contributed by atoms with Gasteiger partial charge in [-0.05, 0) is 50.6 Å². The first-order valence-corrected chi connectivity index (χ1v) is 8.95. The van der Waals surface area contributed by atoms with Gasteiger partial charge in [0.15, 0.2) is 0 Å². The number of halogens is 1. The number of hydrogen-bond acceptors (Lipinski definition) is 4. The first kappa shape index (κ1) is 15.8. The van der Waals surface area contributed by atoms with Crippen LogP contribution in [0.25, 0.3) is 0 Å². The summed E-state index contributed by atoms with van der Waals surface area (Å²) < 4.78 is 28.0. The number of nitrogens with two attached hydrogens (primary N) is 1. The summed E-state index contributed by atoms with van der Waals surface area (Å²) in [7, 11) is -3.51. The first-order valence-electron chi connectivity index (χ1n) is 6.68. The van der Waals surface area contributed by atoms with E-state index in [4.69, 9.17) is 5.73 Å². The van der Waals surface area contributed by atoms with Crippen molar-refractivity contribution in [1.82, 2.24) is 9.62 Å². The van der Waals surface area contributed by atoms with E-state index in [1.165, 1.54) is 12.8 Å². The Morgan fingerprint density at radius 2 is 2.00 bits per heavy atom. The van der Waals surface area contributed by atoms with Crippen LogP contribution >= 0.6 is 15.9 Å². The Labute approximate surface area is 128 Å². The molecule has 0 atom stereocenters. The molecule has 1 fully saturated rings. The molecule has 0 spiro atoms. The molecular formula is C13H20BrN3O2S. The summed E-state index contributed by atoms with van der Waals surface area (Å²) in [6.07, 6.45) is 2.40. The highest BCUT2D eigenvalue weighted by atomic mass is 79.9. The van der Waals surface area contributed by atoms with Crippen LogP contribution in [0.3, 0.4) is 0 Å². The number of benzene rings is 1. The zero-order valence-corrected chi connectivity index (χ0v) is 13.9. The Hall–Kier alpha value is -0.630. The Morgan fingerprint density at radius 3 is 2.65 bits per heavy atom. The summed E-state index contributed by atoms with van der Waals surface area (Å²) in [5.41, 5.74) is 6.87. The van der Waals surface area contributed by atoms with Crippen molar-refractivity contribution in [2.45, 2.75) is 24.7 Å². The number of nitrogens with zero attached hydrogens (tertiary/aromatic N) is 1. The number of hydrogen-bond donors (Lipinski definition) is 2. The third-order valence-corrected chi connectivity index (χ3v) is 5.62. The van der Waals surface area contributed by atoms with Crippen LogP contribution in [-0.4, -0.2) is 39.5 Å². The van der Waals surface area contributed by atoms with E-state index in [2.05, 4.69) is 25.6 Å². The Morgan fingerprint density at radius 1 is 1.35 bits per heavy atom. The lowest BCUT2D eigenvalue weighted by Gasteiger charge is -2.16. The van der Waals surface area contributed by atoms with Gasteiger partial charge in [-0.3, -0.25) is 0 Å². The molecule has 5 nitrogen and oxygen atoms in total. The van der Waals surface area contributed by atoms with E-state index in [0.29, 0.717) is 22.3 Å². The van der Waals surface area contributed by atoms with Gasteiger partial charge in [0.1, 0.15) is 0 Å². The second-order valence-electron chi connectivity index (χ2n) is 5.06. The van der Waals surface area contributed by atoms with E-state index in [9.17, 15) is 8.42 Å². The van der Waals surface area contributed by atoms with Crippen LogP contribution in [-0.2, 0) is 10.0 Å². The zero-order chi connectivity index (χ0) is 14.8. The van der Waals surface area contributed by atoms with E-state index in [1.807, 2.05) is 0 Å². The van der Waals surface area contributed by atoms with Crippen LogP contribution in [0, 0.1) is 6.92 Å². The number of nitrogens with one attached hydrogen (secondary N) is 1. The molecule has 112 valence electrons. The third kappa shape index (κ3) is 3.72. The quantitative estimate of drug-likeness (QED) is 0.782. The normalized spacial score (nSPS) is 16.7. The predicted molar refractivity (Wildman–Crippen MR) is 84.2 cm³/mol. The summed E-state index contributed by atoms with van der Waals surface area (Å²) >= 11 is 3.28. The number of rotatable bonds is 5. The molecule has 0 radical (unpaired) electrons. The molecule has 7 heteroatoms. The Kier molecular flexibility index (Phi) is 5.06. The molecule has 1 aliphatic heterocycles. The maximum atomic E-state index is 12.3. The van der Waals surface area contributed by atoms with Gasteiger partial charge >= 0.3 is 0 Å². The van der Waals surface area contributed by atoms with Crippen LogP contribution < -0.4 is 10.5 Å². The van der Waals surface area contributed by atoms with Crippen molar-refractivity contribution in [1.29, 1.82) is 0 Å². The van der Waals surface area contributed by atoms with Crippen LogP contribution in [0.15, 0.2) is 21.5 Å². The number of anilines is 1. The van der Waals surface area contributed by atoms with Crippen molar-refractivity contribution in [3.63, 3.8) is 0 Å². The van der Waals surface area contributed by atoms with E-state index in [-0.39, 0.29) is 4.90 Å². The maximum absolute atomic E-state index is 12.3. The molecule has 0 aliphatic carbocycles. The molecule has 20 heavy (non-hydrogen) atoms. The van der Waals surface area contributed by atoms with Gasteiger partial charge in [-0.1, -0.05) is 15.9 Å². The van der Waals surface area contributed by atoms with Crippen molar-refractivity contribution in [2.24, 2.45) is 0 Å². The fourth-order valence-corrected chi connectivity index (χ4v) is 4.32. The summed E-state index contributed by atoms with van der Waals surface area (Å²) in [6.45, 7) is 5.02. The van der Waals surface area contributed by atoms with Crippen LogP contribution in [0.5, 0.6) is 0 Å². The molecule has 1 heterocycles. The van der Waals surface area contributed by atoms with Crippen molar-refractivity contribution in [3.8, 4) is 0 Å². The number of nitrogen functional groups attached to an aromatic ring is 1. The molecule has 1 aromatic carbocycles. The first-order chi connectivity index (χ1) is 9.40. The molecule has 0 unspecified atom stereocenters. The molecular weight excluding hydrogens is 342 g/mol. The van der Waals surface area contributed by atoms with Gasteiger partial charge in [0.25, 0.3) is 0 Å². The lowest BCUT2D eigenvalue weighted by Crippen LogP contribution is -2.33. The Balaban J connectivity index is 2.06. The number of likely N-dealkylation sites (tertiary alicyclic amines) is 1. The van der Waals surface area contributed by atoms with Gasteiger partial charge < -0.3 is 10.6 Å². The summed E-state index contributed by atoms with van der Waals surface area (Å²) in [5.74, 6) is 0. The standard InChI is InChI=1S/C13H20BrN3O2S/c1-10-12(15)8-11(14)9-13(10)20(18,19)16-4-7-17-5-2-3-6-17/h8-9,16H,2-7,15H2,1H3. The lowest BCUT2D eigenvalue weighted by atomic mass is 10.2. The minimum Gasteiger partial charge on any atom is -0.398 e. The average Bonchev–Trinajstić information content (AvgIpc) is 2.86. The van der Waals surface area contributed by atoms with Gasteiger partial charge in [-0.25, -0.2) is 13.1 Å². The van der Waals surface area contributed by atoms with Crippen LogP contribution in [0.1, 0.15) is 18.4 Å². The third-order valence-electron chi connectivity index (χ3n) is 3.57. The van der Waals surface area contributed by atoms with E-state index >= 15 is 0 Å². The van der Waals surface area contributed by atoms with E-state index in [0.717, 1.165) is 19.6 Å². The predicted octanol–water partition coefficient (Wildman–Crippen LogP) is 1.71. The van der Waals surface area contributed by atoms with Crippen molar-refractivity contribution in [3.05, 3.63) is 22.2 Å². The SMILES string of the molecule is Cc1c(N)cc(Br)cc1S(=O)(=O)NCCN1CCCC1. The number of sulfonamides is 1. The second kappa shape index (κ2) is 6.43. The molecule has 1 aliphatic rings. The van der Waals surface area contributed by atoms with Crippen LogP contribution in [0.4, 0.5) is 5.69 Å². The van der Waals surface area contributed by atoms with Crippen molar-refractivity contribution >= 4 is 31.6 Å². The molecule has 0 aromatic heterocycles. The van der Waals surface area contributed by atoms with Gasteiger partial charge in [0.05, 0.1) is 4.90 Å². The minimum atomic E-state index is -3.51. The minimum absolute atomic E-state index is 0.241. The molecule has 0 amide bonds. The highest BCUT2D eigenvalue weighted by molar-refractivity contribution is 9.10. The Bertz CT molecular complexity index is 584.